The Morgan fingerprint density at radius 2 is 1.73 bits per heavy atom. The Labute approximate surface area is 220 Å². The van der Waals surface area contributed by atoms with Gasteiger partial charge in [0.25, 0.3) is 5.91 Å². The molecular weight excluding hydrogens is 484 g/mol. The van der Waals surface area contributed by atoms with Gasteiger partial charge in [-0.1, -0.05) is 67.3 Å². The van der Waals surface area contributed by atoms with Crippen molar-refractivity contribution in [1.29, 1.82) is 0 Å². The zero-order valence-corrected chi connectivity index (χ0v) is 21.1. The van der Waals surface area contributed by atoms with Crippen LogP contribution in [0.5, 0.6) is 5.75 Å². The molecule has 0 saturated heterocycles. The van der Waals surface area contributed by atoms with Crippen molar-refractivity contribution in [2.75, 3.05) is 11.9 Å². The van der Waals surface area contributed by atoms with E-state index in [1.54, 1.807) is 12.1 Å². The highest BCUT2D eigenvalue weighted by atomic mass is 35.5. The Morgan fingerprint density at radius 3 is 2.57 bits per heavy atom. The lowest BCUT2D eigenvalue weighted by Crippen LogP contribution is -2.20. The first-order valence-electron chi connectivity index (χ1n) is 12.7. The summed E-state index contributed by atoms with van der Waals surface area (Å²) in [5, 5.41) is 5.49. The molecule has 1 aromatic heterocycles. The maximum atomic E-state index is 12.5. The molecule has 1 fully saturated rings. The summed E-state index contributed by atoms with van der Waals surface area (Å²) in [7, 11) is 0. The highest BCUT2D eigenvalue weighted by Crippen LogP contribution is 2.35. The van der Waals surface area contributed by atoms with E-state index < -0.39 is 0 Å². The molecule has 6 rings (SSSR count). The molecule has 1 aliphatic carbocycles. The first-order valence-corrected chi connectivity index (χ1v) is 13.1. The summed E-state index contributed by atoms with van der Waals surface area (Å²) in [6, 6.07) is 25.2. The molecule has 1 saturated carbocycles. The lowest BCUT2D eigenvalue weighted by atomic mass is 9.84. The van der Waals surface area contributed by atoms with Crippen LogP contribution in [0, 0.1) is 0 Å². The van der Waals surface area contributed by atoms with Crippen molar-refractivity contribution in [1.82, 2.24) is 4.98 Å². The largest absolute Gasteiger partial charge is 0.484 e. The summed E-state index contributed by atoms with van der Waals surface area (Å²) < 4.78 is 11.8. The van der Waals surface area contributed by atoms with E-state index in [0.29, 0.717) is 39.4 Å². The van der Waals surface area contributed by atoms with E-state index in [1.807, 2.05) is 54.6 Å². The molecule has 1 amide bonds. The number of oxazole rings is 1. The molecular formula is C31H27ClN2O3. The predicted molar refractivity (Wildman–Crippen MR) is 148 cm³/mol. The van der Waals surface area contributed by atoms with Crippen molar-refractivity contribution in [3.63, 3.8) is 0 Å². The third-order valence-corrected chi connectivity index (χ3v) is 7.43. The van der Waals surface area contributed by atoms with Gasteiger partial charge in [-0.25, -0.2) is 4.98 Å². The molecule has 5 nitrogen and oxygen atoms in total. The molecule has 6 heteroatoms. The molecule has 0 radical (unpaired) electrons. The van der Waals surface area contributed by atoms with E-state index in [0.717, 1.165) is 16.3 Å². The summed E-state index contributed by atoms with van der Waals surface area (Å²) in [5.74, 6) is 1.62. The number of carbonyl (C=O) groups is 1. The molecule has 5 aromatic rings. The van der Waals surface area contributed by atoms with E-state index in [2.05, 4.69) is 22.4 Å². The highest BCUT2D eigenvalue weighted by Gasteiger charge is 2.16. The number of rotatable bonds is 6. The maximum absolute atomic E-state index is 12.5. The van der Waals surface area contributed by atoms with Crippen LogP contribution in [0.1, 0.15) is 43.6 Å². The number of carbonyl (C=O) groups excluding carboxylic acids is 1. The van der Waals surface area contributed by atoms with Gasteiger partial charge in [-0.2, -0.15) is 0 Å². The minimum Gasteiger partial charge on any atom is -0.484 e. The second-order valence-corrected chi connectivity index (χ2v) is 9.99. The fourth-order valence-corrected chi connectivity index (χ4v) is 5.43. The molecule has 0 aliphatic heterocycles. The standard InChI is InChI=1S/C31H27ClN2O3/c32-27-11-5-8-24-25(27)9-4-10-26(24)31-34-28-18-22(14-17-29(28)37-31)33-30(35)19-36-23-15-12-21(13-16-23)20-6-2-1-3-7-20/h4-5,8-18,20H,1-3,6-7,19H2,(H,33,35). The Morgan fingerprint density at radius 1 is 0.946 bits per heavy atom. The zero-order chi connectivity index (χ0) is 25.2. The summed E-state index contributed by atoms with van der Waals surface area (Å²) in [6.07, 6.45) is 6.48. The second kappa shape index (κ2) is 10.3. The smallest absolute Gasteiger partial charge is 0.262 e. The number of fused-ring (bicyclic) bond motifs is 2. The van der Waals surface area contributed by atoms with Gasteiger partial charge in [-0.3, -0.25) is 4.79 Å². The molecule has 37 heavy (non-hydrogen) atoms. The third kappa shape index (κ3) is 5.05. The number of amides is 1. The number of nitrogens with zero attached hydrogens (tertiary/aromatic N) is 1. The van der Waals surface area contributed by atoms with E-state index in [4.69, 9.17) is 20.8 Å². The van der Waals surface area contributed by atoms with Gasteiger partial charge in [0.2, 0.25) is 5.89 Å². The zero-order valence-electron chi connectivity index (χ0n) is 20.4. The van der Waals surface area contributed by atoms with Crippen molar-refractivity contribution in [2.24, 2.45) is 0 Å². The molecule has 0 unspecified atom stereocenters. The van der Waals surface area contributed by atoms with E-state index in [9.17, 15) is 4.79 Å². The monoisotopic (exact) mass is 510 g/mol. The quantitative estimate of drug-likeness (QED) is 0.249. The lowest BCUT2D eigenvalue weighted by molar-refractivity contribution is -0.118. The van der Waals surface area contributed by atoms with E-state index in [1.165, 1.54) is 37.7 Å². The van der Waals surface area contributed by atoms with Crippen LogP contribution in [0.25, 0.3) is 33.3 Å². The Hall–Kier alpha value is -3.83. The Balaban J connectivity index is 1.12. The molecule has 186 valence electrons. The molecule has 1 aliphatic rings. The fourth-order valence-electron chi connectivity index (χ4n) is 5.20. The number of ether oxygens (including phenoxy) is 1. The third-order valence-electron chi connectivity index (χ3n) is 7.10. The molecule has 0 bridgehead atoms. The molecule has 1 heterocycles. The van der Waals surface area contributed by atoms with Crippen LogP contribution >= 0.6 is 11.6 Å². The fraction of sp³-hybridized carbons (Fsp3) is 0.226. The van der Waals surface area contributed by atoms with Gasteiger partial charge >= 0.3 is 0 Å². The maximum Gasteiger partial charge on any atom is 0.262 e. The predicted octanol–water partition coefficient (Wildman–Crippen LogP) is 8.37. The summed E-state index contributed by atoms with van der Waals surface area (Å²) in [4.78, 5) is 17.2. The van der Waals surface area contributed by atoms with Gasteiger partial charge in [0.15, 0.2) is 12.2 Å². The van der Waals surface area contributed by atoms with Crippen molar-refractivity contribution in [2.45, 2.75) is 38.0 Å². The number of benzene rings is 4. The number of hydrogen-bond donors (Lipinski definition) is 1. The van der Waals surface area contributed by atoms with Crippen LogP contribution in [0.15, 0.2) is 83.3 Å². The topological polar surface area (TPSA) is 64.4 Å². The number of aromatic nitrogens is 1. The van der Waals surface area contributed by atoms with Gasteiger partial charge in [0.05, 0.1) is 0 Å². The number of halogens is 1. The van der Waals surface area contributed by atoms with E-state index >= 15 is 0 Å². The minimum absolute atomic E-state index is 0.0678. The van der Waals surface area contributed by atoms with Gasteiger partial charge in [0, 0.05) is 21.7 Å². The van der Waals surface area contributed by atoms with Gasteiger partial charge < -0.3 is 14.5 Å². The summed E-state index contributed by atoms with van der Waals surface area (Å²) in [5.41, 5.74) is 4.16. The molecule has 0 spiro atoms. The van der Waals surface area contributed by atoms with Crippen LogP contribution in [-0.4, -0.2) is 17.5 Å². The SMILES string of the molecule is O=C(COc1ccc(C2CCCCC2)cc1)Nc1ccc2oc(-c3cccc4c(Cl)cccc34)nc2c1. The highest BCUT2D eigenvalue weighted by molar-refractivity contribution is 6.35. The van der Waals surface area contributed by atoms with Crippen molar-refractivity contribution >= 4 is 45.1 Å². The Kier molecular flexibility index (Phi) is 6.54. The second-order valence-electron chi connectivity index (χ2n) is 9.58. The van der Waals surface area contributed by atoms with Gasteiger partial charge in [-0.05, 0) is 72.2 Å². The normalized spacial score (nSPS) is 14.2. The van der Waals surface area contributed by atoms with E-state index in [-0.39, 0.29) is 12.5 Å². The first-order chi connectivity index (χ1) is 18.1. The average molecular weight is 511 g/mol. The lowest BCUT2D eigenvalue weighted by Gasteiger charge is -2.22. The number of hydrogen-bond acceptors (Lipinski definition) is 4. The Bertz CT molecular complexity index is 1570. The molecule has 1 N–H and O–H groups in total. The van der Waals surface area contributed by atoms with Gasteiger partial charge in [-0.15, -0.1) is 0 Å². The number of nitrogens with one attached hydrogen (secondary N) is 1. The van der Waals surface area contributed by atoms with Crippen LogP contribution in [0.4, 0.5) is 5.69 Å². The molecule has 4 aromatic carbocycles. The molecule has 0 atom stereocenters. The minimum atomic E-state index is -0.233. The first kappa shape index (κ1) is 23.6. The summed E-state index contributed by atoms with van der Waals surface area (Å²) >= 11 is 6.37. The van der Waals surface area contributed by atoms with Crippen molar-refractivity contribution in [3.05, 3.63) is 89.4 Å². The summed E-state index contributed by atoms with van der Waals surface area (Å²) in [6.45, 7) is -0.0678. The van der Waals surface area contributed by atoms with Crippen LogP contribution in [0.3, 0.4) is 0 Å². The number of anilines is 1. The van der Waals surface area contributed by atoms with Crippen molar-refractivity contribution < 1.29 is 13.9 Å². The van der Waals surface area contributed by atoms with Crippen LogP contribution in [0.2, 0.25) is 5.02 Å². The van der Waals surface area contributed by atoms with Crippen LogP contribution in [-0.2, 0) is 4.79 Å². The average Bonchev–Trinajstić information content (AvgIpc) is 3.36. The van der Waals surface area contributed by atoms with Crippen molar-refractivity contribution in [3.8, 4) is 17.2 Å². The van der Waals surface area contributed by atoms with Gasteiger partial charge in [0.1, 0.15) is 11.3 Å². The van der Waals surface area contributed by atoms with Crippen LogP contribution < -0.4 is 10.1 Å².